The second-order valence-electron chi connectivity index (χ2n) is 6.73. The van der Waals surface area contributed by atoms with Crippen molar-refractivity contribution in [2.45, 2.75) is 38.3 Å². The smallest absolute Gasteiger partial charge is 0.238 e. The molecule has 0 aliphatic rings. The van der Waals surface area contributed by atoms with Crippen molar-refractivity contribution >= 4 is 10.0 Å². The van der Waals surface area contributed by atoms with Crippen molar-refractivity contribution in [3.05, 3.63) is 77.1 Å². The summed E-state index contributed by atoms with van der Waals surface area (Å²) < 4.78 is 24.9. The number of sulfonamides is 1. The minimum absolute atomic E-state index is 0.0117. The molecule has 7 heteroatoms. The van der Waals surface area contributed by atoms with E-state index in [-0.39, 0.29) is 10.9 Å². The maximum absolute atomic E-state index is 11.5. The number of rotatable bonds is 6. The van der Waals surface area contributed by atoms with Gasteiger partial charge in [0.05, 0.1) is 16.3 Å². The first-order valence-electron chi connectivity index (χ1n) is 8.73. The van der Waals surface area contributed by atoms with Crippen LogP contribution < -0.4 is 10.5 Å². The van der Waals surface area contributed by atoms with Crippen LogP contribution in [0.4, 0.5) is 0 Å². The fourth-order valence-corrected chi connectivity index (χ4v) is 3.56. The summed E-state index contributed by atoms with van der Waals surface area (Å²) >= 11 is 0. The minimum atomic E-state index is -3.69. The Hall–Kier alpha value is -2.48. The Morgan fingerprint density at radius 2 is 1.81 bits per heavy atom. The van der Waals surface area contributed by atoms with E-state index in [4.69, 9.17) is 5.14 Å². The Labute approximate surface area is 160 Å². The van der Waals surface area contributed by atoms with Crippen LogP contribution >= 0.6 is 0 Å². The molecule has 1 heterocycles. The highest BCUT2D eigenvalue weighted by atomic mass is 32.2. The molecule has 1 atom stereocenters. The average molecular weight is 385 g/mol. The quantitative estimate of drug-likeness (QED) is 0.684. The number of benzene rings is 2. The molecule has 3 aromatic rings. The van der Waals surface area contributed by atoms with Crippen molar-refractivity contribution in [2.75, 3.05) is 0 Å². The van der Waals surface area contributed by atoms with Gasteiger partial charge in [-0.15, -0.1) is 0 Å². The lowest BCUT2D eigenvalue weighted by molar-refractivity contribution is 0.572. The highest BCUT2D eigenvalue weighted by molar-refractivity contribution is 7.89. The number of primary sulfonamides is 1. The van der Waals surface area contributed by atoms with E-state index >= 15 is 0 Å². The second-order valence-corrected chi connectivity index (χ2v) is 8.29. The minimum Gasteiger partial charge on any atom is -0.306 e. The lowest BCUT2D eigenvalue weighted by Gasteiger charge is -2.15. The third-order valence-corrected chi connectivity index (χ3v) is 5.40. The summed E-state index contributed by atoms with van der Waals surface area (Å²) in [6.07, 6.45) is 0. The molecule has 0 saturated carbocycles. The summed E-state index contributed by atoms with van der Waals surface area (Å²) in [5.74, 6) is 0. The number of hydrogen-bond donors (Lipinski definition) is 2. The Bertz CT molecular complexity index is 1040. The van der Waals surface area contributed by atoms with Crippen LogP contribution in [0.25, 0.3) is 5.69 Å². The molecule has 0 aliphatic heterocycles. The maximum atomic E-state index is 11.5. The van der Waals surface area contributed by atoms with Gasteiger partial charge in [0, 0.05) is 18.3 Å². The summed E-state index contributed by atoms with van der Waals surface area (Å²) in [4.78, 5) is 0.128. The van der Waals surface area contributed by atoms with E-state index in [0.717, 1.165) is 28.2 Å². The zero-order valence-corrected chi connectivity index (χ0v) is 16.5. The molecule has 0 saturated heterocycles. The van der Waals surface area contributed by atoms with E-state index in [1.54, 1.807) is 12.1 Å². The van der Waals surface area contributed by atoms with Crippen LogP contribution in [0.15, 0.2) is 59.5 Å². The van der Waals surface area contributed by atoms with Gasteiger partial charge in [-0.3, -0.25) is 0 Å². The van der Waals surface area contributed by atoms with Gasteiger partial charge in [0.2, 0.25) is 10.0 Å². The predicted octanol–water partition coefficient (Wildman–Crippen LogP) is 2.99. The van der Waals surface area contributed by atoms with E-state index in [0.29, 0.717) is 6.54 Å². The molecule has 0 unspecified atom stereocenters. The SMILES string of the molecule is Cc1cc(C)n(-c2ccc(CN[C@@H](C)c3cccc(S(N)(=O)=O)c3)cc2)n1. The molecule has 0 amide bonds. The van der Waals surface area contributed by atoms with E-state index < -0.39 is 10.0 Å². The van der Waals surface area contributed by atoms with Gasteiger partial charge in [0.25, 0.3) is 0 Å². The van der Waals surface area contributed by atoms with Crippen molar-refractivity contribution in [1.82, 2.24) is 15.1 Å². The van der Waals surface area contributed by atoms with Gasteiger partial charge in [-0.2, -0.15) is 5.10 Å². The average Bonchev–Trinajstić information content (AvgIpc) is 2.97. The van der Waals surface area contributed by atoms with Crippen LogP contribution in [0, 0.1) is 13.8 Å². The van der Waals surface area contributed by atoms with Gasteiger partial charge in [-0.05, 0) is 62.2 Å². The molecule has 0 radical (unpaired) electrons. The number of nitrogens with two attached hydrogens (primary N) is 1. The van der Waals surface area contributed by atoms with Crippen molar-refractivity contribution < 1.29 is 8.42 Å². The summed E-state index contributed by atoms with van der Waals surface area (Å²) in [7, 11) is -3.69. The normalized spacial score (nSPS) is 12.9. The Morgan fingerprint density at radius 1 is 1.11 bits per heavy atom. The summed E-state index contributed by atoms with van der Waals surface area (Å²) in [6, 6.07) is 17.0. The molecule has 3 N–H and O–H groups in total. The zero-order valence-electron chi connectivity index (χ0n) is 15.7. The molecule has 0 aliphatic carbocycles. The highest BCUT2D eigenvalue weighted by Crippen LogP contribution is 2.18. The molecule has 0 fully saturated rings. The van der Waals surface area contributed by atoms with Gasteiger partial charge in [0.15, 0.2) is 0 Å². The van der Waals surface area contributed by atoms with Crippen LogP contribution in [0.1, 0.15) is 35.5 Å². The molecular formula is C20H24N4O2S. The first kappa shape index (κ1) is 19.3. The largest absolute Gasteiger partial charge is 0.306 e. The van der Waals surface area contributed by atoms with E-state index in [2.05, 4.69) is 22.5 Å². The molecule has 0 bridgehead atoms. The lowest BCUT2D eigenvalue weighted by Crippen LogP contribution is -2.19. The zero-order chi connectivity index (χ0) is 19.6. The molecule has 1 aromatic heterocycles. The second kappa shape index (κ2) is 7.64. The number of nitrogens with zero attached hydrogens (tertiary/aromatic N) is 2. The van der Waals surface area contributed by atoms with Crippen LogP contribution in [-0.2, 0) is 16.6 Å². The molecule has 2 aromatic carbocycles. The number of aromatic nitrogens is 2. The fraction of sp³-hybridized carbons (Fsp3) is 0.250. The highest BCUT2D eigenvalue weighted by Gasteiger charge is 2.11. The van der Waals surface area contributed by atoms with E-state index in [1.807, 2.05) is 49.7 Å². The number of nitrogens with one attached hydrogen (secondary N) is 1. The summed E-state index contributed by atoms with van der Waals surface area (Å²) in [5.41, 5.74) is 5.13. The van der Waals surface area contributed by atoms with Crippen LogP contribution in [0.5, 0.6) is 0 Å². The van der Waals surface area contributed by atoms with Crippen LogP contribution in [-0.4, -0.2) is 18.2 Å². The predicted molar refractivity (Wildman–Crippen MR) is 106 cm³/mol. The van der Waals surface area contributed by atoms with Gasteiger partial charge in [-0.1, -0.05) is 24.3 Å². The van der Waals surface area contributed by atoms with E-state index in [1.165, 1.54) is 6.07 Å². The third-order valence-electron chi connectivity index (χ3n) is 4.49. The number of aryl methyl sites for hydroxylation is 2. The maximum Gasteiger partial charge on any atom is 0.238 e. The van der Waals surface area contributed by atoms with Crippen LogP contribution in [0.3, 0.4) is 0 Å². The van der Waals surface area contributed by atoms with E-state index in [9.17, 15) is 8.42 Å². The first-order valence-corrected chi connectivity index (χ1v) is 10.3. The summed E-state index contributed by atoms with van der Waals surface area (Å²) in [6.45, 7) is 6.67. The first-order chi connectivity index (χ1) is 12.7. The van der Waals surface area contributed by atoms with Gasteiger partial charge in [0.1, 0.15) is 0 Å². The third kappa shape index (κ3) is 4.63. The fourth-order valence-electron chi connectivity index (χ4n) is 2.99. The van der Waals surface area contributed by atoms with Crippen molar-refractivity contribution in [3.63, 3.8) is 0 Å². The molecule has 142 valence electrons. The molecular weight excluding hydrogens is 360 g/mol. The Balaban J connectivity index is 1.67. The molecule has 27 heavy (non-hydrogen) atoms. The molecule has 0 spiro atoms. The van der Waals surface area contributed by atoms with Gasteiger partial charge in [-0.25, -0.2) is 18.2 Å². The topological polar surface area (TPSA) is 90.0 Å². The standard InChI is InChI=1S/C20H24N4O2S/c1-14-11-15(2)24(23-14)19-9-7-17(8-10-19)13-22-16(3)18-5-4-6-20(12-18)27(21,25)26/h4-12,16,22H,13H2,1-3H3,(H2,21,25,26)/t16-/m0/s1. The lowest BCUT2D eigenvalue weighted by atomic mass is 10.1. The number of hydrogen-bond acceptors (Lipinski definition) is 4. The summed E-state index contributed by atoms with van der Waals surface area (Å²) in [5, 5.41) is 13.1. The Morgan fingerprint density at radius 3 is 2.41 bits per heavy atom. The van der Waals surface area contributed by atoms with Crippen molar-refractivity contribution in [2.24, 2.45) is 5.14 Å². The van der Waals surface area contributed by atoms with Gasteiger partial charge >= 0.3 is 0 Å². The van der Waals surface area contributed by atoms with Gasteiger partial charge < -0.3 is 5.32 Å². The Kier molecular flexibility index (Phi) is 5.46. The van der Waals surface area contributed by atoms with Crippen LogP contribution in [0.2, 0.25) is 0 Å². The molecule has 3 rings (SSSR count). The van der Waals surface area contributed by atoms with Crippen molar-refractivity contribution in [3.8, 4) is 5.69 Å². The van der Waals surface area contributed by atoms with Crippen molar-refractivity contribution in [1.29, 1.82) is 0 Å². The monoisotopic (exact) mass is 384 g/mol. The molecule has 6 nitrogen and oxygen atoms in total.